The highest BCUT2D eigenvalue weighted by Gasteiger charge is 2.17. The van der Waals surface area contributed by atoms with E-state index in [0.29, 0.717) is 0 Å². The minimum Gasteiger partial charge on any atom is -0.0622 e. The summed E-state index contributed by atoms with van der Waals surface area (Å²) < 4.78 is 230. The Morgan fingerprint density at radius 1 is 0.283 bits per heavy atom. The van der Waals surface area contributed by atoms with Crippen LogP contribution in [0.2, 0.25) is 0 Å². The SMILES string of the molecule is [2H]c1c([2H])c([2H])c(-c2c3c([2H])c([2H])c([2H])c([2H])c3c(-c3ccc(-c4c([2H])c(-c5c([2H])c([2H])c6c([2H])c([2H])c([2H])c([2H])c6c5[2H])c([2H])c5c([2H])c([2H])c([2H])c([2H])c45)cc3)c3c([2H])c([2H])c([2H])c([2H])c23)c([2H])c1[2H]. The van der Waals surface area contributed by atoms with E-state index >= 15 is 0 Å². The van der Waals surface area contributed by atoms with Crippen LogP contribution in [0.3, 0.4) is 0 Å². The lowest BCUT2D eigenvalue weighted by molar-refractivity contribution is 1.62. The van der Waals surface area contributed by atoms with E-state index in [1.807, 2.05) is 0 Å². The van der Waals surface area contributed by atoms with Gasteiger partial charge < -0.3 is 0 Å². The van der Waals surface area contributed by atoms with E-state index in [4.69, 9.17) is 26.0 Å². The molecule has 214 valence electrons. The third-order valence-electron chi connectivity index (χ3n) is 7.52. The lowest BCUT2D eigenvalue weighted by Crippen LogP contribution is -1.91. The molecule has 0 radical (unpaired) electrons. The third kappa shape index (κ3) is 4.38. The van der Waals surface area contributed by atoms with Crippen LogP contribution < -0.4 is 0 Å². The number of rotatable bonds is 4. The monoisotopic (exact) mass is 608 g/mol. The second kappa shape index (κ2) is 10.9. The molecule has 0 bridgehead atoms. The van der Waals surface area contributed by atoms with Gasteiger partial charge in [0.05, 0.1) is 35.6 Å². The molecule has 0 N–H and O–H groups in total. The Kier molecular flexibility index (Phi) is 2.63. The summed E-state index contributed by atoms with van der Waals surface area (Å²) >= 11 is 0. The smallest absolute Gasteiger partial charge is 0.0622 e. The largest absolute Gasteiger partial charge is 0.0636 e. The maximum absolute atomic E-state index is 9.70. The Balaban J connectivity index is 1.45. The van der Waals surface area contributed by atoms with Crippen LogP contribution in [0.25, 0.3) is 87.6 Å². The summed E-state index contributed by atoms with van der Waals surface area (Å²) in [6.07, 6.45) is 0. The van der Waals surface area contributed by atoms with Gasteiger partial charge >= 0.3 is 0 Å². The van der Waals surface area contributed by atoms with Crippen molar-refractivity contribution in [1.29, 1.82) is 0 Å². The molecule has 0 fully saturated rings. The molecule has 0 nitrogen and oxygen atoms in total. The van der Waals surface area contributed by atoms with Crippen LogP contribution in [0.1, 0.15) is 35.6 Å². The van der Waals surface area contributed by atoms with Crippen molar-refractivity contribution in [3.8, 4) is 44.5 Å². The Morgan fingerprint density at radius 3 is 1.41 bits per heavy atom. The number of fused-ring (bicyclic) bond motifs is 4. The standard InChI is InChI=1S/C46H30/c1-2-13-33(14-3-1)45-40-18-8-10-20-42(40)46(43-21-11-9-19-41(43)45)34-25-23-32(24-26-34)44-30-38(29-37-16-6-7-17-39(37)44)36-27-22-31-12-4-5-15-35(31)28-36/h1-30H/i1D,2D,3D,4D,5D,6D,7D,8D,9D,10D,11D,12D,13D,14D,15D,16D,17D,18D,19D,20D,21D,22D,27D,28D,29D,30D. The molecule has 0 atom stereocenters. The normalized spacial score (nSPS) is 19.4. The molecule has 0 aliphatic carbocycles. The first kappa shape index (κ1) is 11.1. The first-order chi connectivity index (χ1) is 33.6. The number of hydrogen-bond donors (Lipinski definition) is 0. The molecule has 46 heavy (non-hydrogen) atoms. The maximum atomic E-state index is 9.70. The summed E-state index contributed by atoms with van der Waals surface area (Å²) in [7, 11) is 0. The highest BCUT2D eigenvalue weighted by Crippen LogP contribution is 2.44. The Hall–Kier alpha value is -5.98. The van der Waals surface area contributed by atoms with Gasteiger partial charge in [0, 0.05) is 0 Å². The van der Waals surface area contributed by atoms with Crippen molar-refractivity contribution >= 4 is 43.1 Å². The van der Waals surface area contributed by atoms with Crippen molar-refractivity contribution in [2.75, 3.05) is 0 Å². The summed E-state index contributed by atoms with van der Waals surface area (Å²) in [5, 5.41) is -3.55. The Bertz CT molecular complexity index is 3920. The molecule has 0 saturated carbocycles. The van der Waals surface area contributed by atoms with Crippen LogP contribution in [0.4, 0.5) is 0 Å². The fraction of sp³-hybridized carbons (Fsp3) is 0. The zero-order chi connectivity index (χ0) is 53.1. The van der Waals surface area contributed by atoms with Crippen molar-refractivity contribution in [3.63, 3.8) is 0 Å². The average molecular weight is 609 g/mol. The molecular weight excluding hydrogens is 553 g/mol. The summed E-state index contributed by atoms with van der Waals surface area (Å²) in [5.41, 5.74) is -2.95. The van der Waals surface area contributed by atoms with Crippen LogP contribution >= 0.6 is 0 Å². The van der Waals surface area contributed by atoms with Crippen molar-refractivity contribution < 1.29 is 35.6 Å². The zero-order valence-corrected chi connectivity index (χ0v) is 23.3. The number of benzene rings is 9. The van der Waals surface area contributed by atoms with E-state index in [0.717, 1.165) is 0 Å². The molecule has 9 aromatic rings. The number of hydrogen-bond acceptors (Lipinski definition) is 0. The molecule has 0 spiro atoms. The van der Waals surface area contributed by atoms with Gasteiger partial charge in [-0.2, -0.15) is 0 Å². The molecule has 0 aromatic heterocycles. The molecule has 0 heteroatoms. The van der Waals surface area contributed by atoms with Gasteiger partial charge in [-0.05, 0) is 106 Å². The van der Waals surface area contributed by atoms with E-state index in [9.17, 15) is 9.60 Å². The molecule has 0 aliphatic rings. The topological polar surface area (TPSA) is 0 Å². The molecule has 0 amide bonds. The summed E-state index contributed by atoms with van der Waals surface area (Å²) in [6, 6.07) is -15.2. The molecule has 9 aromatic carbocycles. The van der Waals surface area contributed by atoms with Crippen molar-refractivity contribution in [2.45, 2.75) is 0 Å². The van der Waals surface area contributed by atoms with E-state index < -0.39 is 206 Å². The summed E-state index contributed by atoms with van der Waals surface area (Å²) in [6.45, 7) is 0. The second-order valence-electron chi connectivity index (χ2n) is 10.1. The lowest BCUT2D eigenvalue weighted by Gasteiger charge is -2.18. The van der Waals surface area contributed by atoms with Gasteiger partial charge in [-0.1, -0.05) is 163 Å². The van der Waals surface area contributed by atoms with Gasteiger partial charge in [0.25, 0.3) is 0 Å². The van der Waals surface area contributed by atoms with Gasteiger partial charge in [-0.25, -0.2) is 0 Å². The van der Waals surface area contributed by atoms with E-state index in [1.54, 1.807) is 0 Å². The third-order valence-corrected chi connectivity index (χ3v) is 7.52. The highest BCUT2D eigenvalue weighted by molar-refractivity contribution is 6.21. The highest BCUT2D eigenvalue weighted by atomic mass is 14.2. The molecule has 0 unspecified atom stereocenters. The van der Waals surface area contributed by atoms with Crippen LogP contribution in [0, 0.1) is 0 Å². The molecule has 0 heterocycles. The van der Waals surface area contributed by atoms with Gasteiger partial charge in [-0.3, -0.25) is 0 Å². The molecular formula is C46H30. The van der Waals surface area contributed by atoms with E-state index in [1.165, 1.54) is 24.3 Å². The predicted molar refractivity (Wildman–Crippen MR) is 198 cm³/mol. The molecule has 0 saturated heterocycles. The average Bonchev–Trinajstić information content (AvgIpc) is 3.35. The second-order valence-corrected chi connectivity index (χ2v) is 10.1. The van der Waals surface area contributed by atoms with Crippen LogP contribution in [0.15, 0.2) is 181 Å². The lowest BCUT2D eigenvalue weighted by atomic mass is 9.85. The molecule has 0 aliphatic heterocycles. The van der Waals surface area contributed by atoms with Crippen LogP contribution in [-0.4, -0.2) is 0 Å². The quantitative estimate of drug-likeness (QED) is 0.174. The fourth-order valence-corrected chi connectivity index (χ4v) is 5.53. The van der Waals surface area contributed by atoms with Crippen molar-refractivity contribution in [2.24, 2.45) is 0 Å². The minimum atomic E-state index is -0.840. The summed E-state index contributed by atoms with van der Waals surface area (Å²) in [4.78, 5) is 0. The van der Waals surface area contributed by atoms with Gasteiger partial charge in [0.1, 0.15) is 0 Å². The van der Waals surface area contributed by atoms with Crippen LogP contribution in [0.5, 0.6) is 0 Å². The van der Waals surface area contributed by atoms with E-state index in [2.05, 4.69) is 0 Å². The van der Waals surface area contributed by atoms with Gasteiger partial charge in [0.15, 0.2) is 0 Å². The minimum absolute atomic E-state index is 0.0177. The molecule has 9 rings (SSSR count). The zero-order valence-electron chi connectivity index (χ0n) is 49.3. The van der Waals surface area contributed by atoms with Crippen molar-refractivity contribution in [3.05, 3.63) is 181 Å². The van der Waals surface area contributed by atoms with Crippen molar-refractivity contribution in [1.82, 2.24) is 0 Å². The van der Waals surface area contributed by atoms with Gasteiger partial charge in [0.2, 0.25) is 0 Å². The first-order valence-corrected chi connectivity index (χ1v) is 13.8. The summed E-state index contributed by atoms with van der Waals surface area (Å²) in [5.74, 6) is 0. The fourth-order valence-electron chi connectivity index (χ4n) is 5.53. The van der Waals surface area contributed by atoms with Crippen LogP contribution in [-0.2, 0) is 0 Å². The van der Waals surface area contributed by atoms with E-state index in [-0.39, 0.29) is 38.4 Å². The Labute approximate surface area is 305 Å². The maximum Gasteiger partial charge on any atom is 0.0636 e. The predicted octanol–water partition coefficient (Wildman–Crippen LogP) is 13.0. The van der Waals surface area contributed by atoms with Gasteiger partial charge in [-0.15, -0.1) is 0 Å². The Morgan fingerprint density at radius 2 is 0.761 bits per heavy atom. The first-order valence-electron chi connectivity index (χ1n) is 26.8.